The fraction of sp³-hybridized carbons (Fsp3) is 0.174. The summed E-state index contributed by atoms with van der Waals surface area (Å²) in [5, 5.41) is 20.7. The summed E-state index contributed by atoms with van der Waals surface area (Å²) in [7, 11) is 3.88. The topological polar surface area (TPSA) is 147 Å². The average Bonchev–Trinajstić information content (AvgIpc) is 3.42. The number of H-pyrrole nitrogens is 3. The highest BCUT2D eigenvalue weighted by atomic mass is 32.2. The standard InChI is InChI=1S/C23H23N9O2S/c1-32(2)10-9-24-22(34)18-12-19(26-20-14-5-3-4-6-16(14)28-30-20)27-23(25-18)35-13-7-8-15-17(11-13)29-31-21(15)33/h3-8,11-12H,9-10H2,1-2H3,(H,24,34)(H2,29,31,33)(H2,25,26,27,28,30). The van der Waals surface area contributed by atoms with Crippen LogP contribution in [-0.4, -0.2) is 68.4 Å². The summed E-state index contributed by atoms with van der Waals surface area (Å²) in [6, 6.07) is 14.7. The van der Waals surface area contributed by atoms with Gasteiger partial charge in [-0.1, -0.05) is 12.1 Å². The van der Waals surface area contributed by atoms with Crippen LogP contribution in [0.3, 0.4) is 0 Å². The molecule has 0 aliphatic carbocycles. The number of nitrogens with one attached hydrogen (secondary N) is 5. The van der Waals surface area contributed by atoms with Gasteiger partial charge in [-0.05, 0) is 56.2 Å². The van der Waals surface area contributed by atoms with Crippen LogP contribution in [0.1, 0.15) is 10.5 Å². The van der Waals surface area contributed by atoms with E-state index in [1.54, 1.807) is 12.1 Å². The first kappa shape index (κ1) is 22.6. The predicted molar refractivity (Wildman–Crippen MR) is 135 cm³/mol. The van der Waals surface area contributed by atoms with Gasteiger partial charge >= 0.3 is 0 Å². The van der Waals surface area contributed by atoms with Gasteiger partial charge in [-0.2, -0.15) is 5.10 Å². The van der Waals surface area contributed by atoms with Gasteiger partial charge < -0.3 is 15.5 Å². The van der Waals surface area contributed by atoms with Crippen LogP contribution in [0, 0.1) is 0 Å². The summed E-state index contributed by atoms with van der Waals surface area (Å²) in [5.41, 5.74) is 1.62. The fourth-order valence-electron chi connectivity index (χ4n) is 3.50. The van der Waals surface area contributed by atoms with Crippen LogP contribution in [-0.2, 0) is 0 Å². The Morgan fingerprint density at radius 3 is 2.74 bits per heavy atom. The number of benzene rings is 2. The lowest BCUT2D eigenvalue weighted by Gasteiger charge is -2.12. The van der Waals surface area contributed by atoms with Crippen molar-refractivity contribution in [3.05, 3.63) is 64.6 Å². The molecular weight excluding hydrogens is 466 g/mol. The van der Waals surface area contributed by atoms with Gasteiger partial charge in [-0.3, -0.25) is 24.9 Å². The van der Waals surface area contributed by atoms with Gasteiger partial charge in [-0.15, -0.1) is 0 Å². The summed E-state index contributed by atoms with van der Waals surface area (Å²) in [5.74, 6) is 0.741. The molecule has 0 aliphatic heterocycles. The molecule has 11 nitrogen and oxygen atoms in total. The zero-order valence-corrected chi connectivity index (χ0v) is 19.9. The van der Waals surface area contributed by atoms with E-state index >= 15 is 0 Å². The van der Waals surface area contributed by atoms with Crippen molar-refractivity contribution in [2.75, 3.05) is 32.5 Å². The van der Waals surface area contributed by atoms with Gasteiger partial charge in [0, 0.05) is 29.4 Å². The van der Waals surface area contributed by atoms with E-state index in [1.807, 2.05) is 55.4 Å². The summed E-state index contributed by atoms with van der Waals surface area (Å²) in [6.07, 6.45) is 0. The number of carbonyl (C=O) groups excluding carboxylic acids is 1. The highest BCUT2D eigenvalue weighted by Gasteiger charge is 2.15. The maximum absolute atomic E-state index is 12.9. The number of amides is 1. The maximum atomic E-state index is 12.9. The summed E-state index contributed by atoms with van der Waals surface area (Å²) < 4.78 is 0. The highest BCUT2D eigenvalue weighted by Crippen LogP contribution is 2.29. The van der Waals surface area contributed by atoms with Gasteiger partial charge in [0.15, 0.2) is 11.0 Å². The molecule has 0 bridgehead atoms. The van der Waals surface area contributed by atoms with Crippen LogP contribution in [0.25, 0.3) is 21.8 Å². The van der Waals surface area contributed by atoms with Crippen LogP contribution in [0.5, 0.6) is 0 Å². The minimum absolute atomic E-state index is 0.179. The van der Waals surface area contributed by atoms with Crippen molar-refractivity contribution in [1.82, 2.24) is 40.6 Å². The van der Waals surface area contributed by atoms with Crippen molar-refractivity contribution in [3.63, 3.8) is 0 Å². The van der Waals surface area contributed by atoms with Crippen LogP contribution in [0.2, 0.25) is 0 Å². The van der Waals surface area contributed by atoms with Crippen LogP contribution >= 0.6 is 11.8 Å². The van der Waals surface area contributed by atoms with Crippen molar-refractivity contribution in [1.29, 1.82) is 0 Å². The van der Waals surface area contributed by atoms with Crippen LogP contribution < -0.4 is 16.2 Å². The van der Waals surface area contributed by atoms with E-state index in [4.69, 9.17) is 0 Å². The van der Waals surface area contributed by atoms with Gasteiger partial charge in [-0.25, -0.2) is 9.97 Å². The number of fused-ring (bicyclic) bond motifs is 2. The summed E-state index contributed by atoms with van der Waals surface area (Å²) >= 11 is 1.29. The third-order valence-electron chi connectivity index (χ3n) is 5.26. The first-order valence-corrected chi connectivity index (χ1v) is 11.7. The molecule has 2 aromatic carbocycles. The molecule has 0 atom stereocenters. The Balaban J connectivity index is 1.46. The van der Waals surface area contributed by atoms with E-state index < -0.39 is 0 Å². The summed E-state index contributed by atoms with van der Waals surface area (Å²) in [6.45, 7) is 1.19. The number of aromatic amines is 3. The molecule has 3 aromatic heterocycles. The van der Waals surface area contributed by atoms with Crippen molar-refractivity contribution >= 4 is 51.1 Å². The molecule has 0 unspecified atom stereocenters. The smallest absolute Gasteiger partial charge is 0.271 e. The number of rotatable bonds is 8. The number of para-hydroxylation sites is 1. The lowest BCUT2D eigenvalue weighted by atomic mass is 10.2. The molecule has 35 heavy (non-hydrogen) atoms. The van der Waals surface area contributed by atoms with E-state index in [0.29, 0.717) is 40.8 Å². The van der Waals surface area contributed by atoms with Gasteiger partial charge in [0.2, 0.25) is 0 Å². The average molecular weight is 490 g/mol. The molecule has 5 rings (SSSR count). The van der Waals surface area contributed by atoms with Crippen molar-refractivity contribution in [2.24, 2.45) is 0 Å². The number of hydrogen-bond acceptors (Lipinski definition) is 8. The first-order chi connectivity index (χ1) is 17.0. The number of anilines is 2. The SMILES string of the molecule is CN(C)CCNC(=O)c1cc(Nc2n[nH]c3ccccc23)nc(Sc2ccc3c(=O)[nH][nH]c3c2)n1. The third kappa shape index (κ3) is 5.03. The van der Waals surface area contributed by atoms with Crippen molar-refractivity contribution in [3.8, 4) is 0 Å². The molecule has 0 saturated heterocycles. The Morgan fingerprint density at radius 1 is 1.03 bits per heavy atom. The molecular formula is C23H23N9O2S. The van der Waals surface area contributed by atoms with Crippen molar-refractivity contribution in [2.45, 2.75) is 10.1 Å². The fourth-order valence-corrected chi connectivity index (χ4v) is 4.31. The first-order valence-electron chi connectivity index (χ1n) is 10.9. The predicted octanol–water partition coefficient (Wildman–Crippen LogP) is 2.71. The maximum Gasteiger partial charge on any atom is 0.271 e. The second kappa shape index (κ2) is 9.60. The highest BCUT2D eigenvalue weighted by molar-refractivity contribution is 7.99. The molecule has 0 aliphatic rings. The Morgan fingerprint density at radius 2 is 1.89 bits per heavy atom. The Kier molecular flexibility index (Phi) is 6.21. The molecule has 3 heterocycles. The monoisotopic (exact) mass is 489 g/mol. The molecule has 5 aromatic rings. The second-order valence-electron chi connectivity index (χ2n) is 8.11. The minimum atomic E-state index is -0.295. The van der Waals surface area contributed by atoms with E-state index in [-0.39, 0.29) is 17.2 Å². The quantitative estimate of drug-likeness (QED) is 0.209. The molecule has 12 heteroatoms. The minimum Gasteiger partial charge on any atom is -0.349 e. The number of aromatic nitrogens is 6. The molecule has 0 saturated carbocycles. The number of carbonyl (C=O) groups is 1. The van der Waals surface area contributed by atoms with Crippen molar-refractivity contribution < 1.29 is 4.79 Å². The van der Waals surface area contributed by atoms with E-state index in [0.717, 1.165) is 15.8 Å². The number of likely N-dealkylation sites (N-methyl/N-ethyl adjacent to an activating group) is 1. The zero-order valence-electron chi connectivity index (χ0n) is 19.0. The van der Waals surface area contributed by atoms with E-state index in [1.165, 1.54) is 11.8 Å². The number of hydrogen-bond donors (Lipinski definition) is 5. The molecule has 5 N–H and O–H groups in total. The van der Waals surface area contributed by atoms with Gasteiger partial charge in [0.05, 0.1) is 16.4 Å². The molecule has 0 fully saturated rings. The Labute approximate surface area is 203 Å². The second-order valence-corrected chi connectivity index (χ2v) is 9.15. The lowest BCUT2D eigenvalue weighted by Crippen LogP contribution is -2.32. The van der Waals surface area contributed by atoms with Crippen LogP contribution in [0.4, 0.5) is 11.6 Å². The summed E-state index contributed by atoms with van der Waals surface area (Å²) in [4.78, 5) is 36.5. The third-order valence-corrected chi connectivity index (χ3v) is 6.11. The largest absolute Gasteiger partial charge is 0.349 e. The van der Waals surface area contributed by atoms with Crippen LogP contribution in [0.15, 0.2) is 63.4 Å². The Bertz CT molecular complexity index is 1570. The Hall–Kier alpha value is -4.16. The molecule has 0 spiro atoms. The van der Waals surface area contributed by atoms with Gasteiger partial charge in [0.1, 0.15) is 11.5 Å². The van der Waals surface area contributed by atoms with E-state index in [2.05, 4.69) is 41.0 Å². The lowest BCUT2D eigenvalue weighted by molar-refractivity contribution is 0.0945. The van der Waals surface area contributed by atoms with Gasteiger partial charge in [0.25, 0.3) is 11.5 Å². The molecule has 178 valence electrons. The zero-order chi connectivity index (χ0) is 24.4. The normalized spacial score (nSPS) is 11.4. The number of nitrogens with zero attached hydrogens (tertiary/aromatic N) is 4. The van der Waals surface area contributed by atoms with E-state index in [9.17, 15) is 9.59 Å². The molecule has 0 radical (unpaired) electrons. The molecule has 1 amide bonds.